The normalized spacial score (nSPS) is 11.6. The molecular formula is C18H24BrN5O3. The average Bonchev–Trinajstić information content (AvgIpc) is 2.57. The Balaban J connectivity index is 2.29. The van der Waals surface area contributed by atoms with Crippen LogP contribution >= 0.6 is 15.9 Å². The van der Waals surface area contributed by atoms with Crippen molar-refractivity contribution in [1.82, 2.24) is 15.2 Å². The fraction of sp³-hybridized carbons (Fsp3) is 0.444. The van der Waals surface area contributed by atoms with E-state index in [9.17, 15) is 4.79 Å². The number of benzene rings is 1. The van der Waals surface area contributed by atoms with Gasteiger partial charge in [-0.2, -0.15) is 15.2 Å². The van der Waals surface area contributed by atoms with Crippen LogP contribution in [0.5, 0.6) is 11.5 Å². The summed E-state index contributed by atoms with van der Waals surface area (Å²) >= 11 is 3.50. The van der Waals surface area contributed by atoms with Crippen LogP contribution in [0.1, 0.15) is 45.9 Å². The van der Waals surface area contributed by atoms with Crippen LogP contribution in [0.15, 0.2) is 26.5 Å². The van der Waals surface area contributed by atoms with E-state index in [0.29, 0.717) is 36.2 Å². The highest BCUT2D eigenvalue weighted by atomic mass is 79.9. The highest BCUT2D eigenvalue weighted by molar-refractivity contribution is 9.10. The minimum absolute atomic E-state index is 0.306. The maximum Gasteiger partial charge on any atom is 0.363 e. The molecule has 27 heavy (non-hydrogen) atoms. The molecule has 1 heterocycles. The largest absolute Gasteiger partial charge is 0.490 e. The van der Waals surface area contributed by atoms with Crippen molar-refractivity contribution in [3.8, 4) is 11.5 Å². The Bertz CT molecular complexity index is 874. The number of halogens is 1. The van der Waals surface area contributed by atoms with E-state index in [-0.39, 0.29) is 5.41 Å². The molecule has 0 aliphatic rings. The number of H-pyrrole nitrogens is 1. The van der Waals surface area contributed by atoms with Crippen LogP contribution < -0.4 is 20.6 Å². The first-order valence-corrected chi connectivity index (χ1v) is 9.41. The van der Waals surface area contributed by atoms with E-state index >= 15 is 0 Å². The first kappa shape index (κ1) is 20.9. The van der Waals surface area contributed by atoms with Crippen LogP contribution in [0, 0.1) is 0 Å². The van der Waals surface area contributed by atoms with Gasteiger partial charge in [0.15, 0.2) is 17.3 Å². The molecule has 0 aliphatic heterocycles. The quantitative estimate of drug-likeness (QED) is 0.507. The van der Waals surface area contributed by atoms with Crippen molar-refractivity contribution in [2.75, 3.05) is 18.6 Å². The molecule has 0 saturated heterocycles. The smallest absolute Gasteiger partial charge is 0.363 e. The molecule has 2 N–H and O–H groups in total. The van der Waals surface area contributed by atoms with Crippen LogP contribution in [0.3, 0.4) is 0 Å². The van der Waals surface area contributed by atoms with Gasteiger partial charge in [-0.05, 0) is 47.5 Å². The lowest BCUT2D eigenvalue weighted by Gasteiger charge is -2.18. The third-order valence-electron chi connectivity index (χ3n) is 3.42. The number of anilines is 1. The summed E-state index contributed by atoms with van der Waals surface area (Å²) in [6, 6.07) is 3.70. The molecular weight excluding hydrogens is 414 g/mol. The van der Waals surface area contributed by atoms with Gasteiger partial charge >= 0.3 is 5.69 Å². The zero-order chi connectivity index (χ0) is 20.0. The lowest BCUT2D eigenvalue weighted by atomic mass is 9.92. The van der Waals surface area contributed by atoms with Crippen molar-refractivity contribution in [1.29, 1.82) is 0 Å². The van der Waals surface area contributed by atoms with E-state index in [2.05, 4.69) is 41.6 Å². The van der Waals surface area contributed by atoms with Gasteiger partial charge in [0.1, 0.15) is 5.69 Å². The summed E-state index contributed by atoms with van der Waals surface area (Å²) < 4.78 is 12.0. The summed E-state index contributed by atoms with van der Waals surface area (Å²) in [7, 11) is 0. The molecule has 0 bridgehead atoms. The van der Waals surface area contributed by atoms with E-state index in [1.54, 1.807) is 6.21 Å². The molecule has 1 aromatic heterocycles. The summed E-state index contributed by atoms with van der Waals surface area (Å²) in [6.45, 7) is 10.8. The number of ether oxygens (including phenoxy) is 2. The maximum absolute atomic E-state index is 11.5. The first-order valence-electron chi connectivity index (χ1n) is 8.61. The van der Waals surface area contributed by atoms with Gasteiger partial charge < -0.3 is 9.47 Å². The van der Waals surface area contributed by atoms with E-state index < -0.39 is 5.69 Å². The van der Waals surface area contributed by atoms with Crippen LogP contribution in [-0.2, 0) is 5.41 Å². The molecule has 1 aromatic carbocycles. The number of aromatic nitrogens is 3. The van der Waals surface area contributed by atoms with Crippen molar-refractivity contribution < 1.29 is 9.47 Å². The highest BCUT2D eigenvalue weighted by Gasteiger charge is 2.21. The number of hydrazone groups is 1. The summed E-state index contributed by atoms with van der Waals surface area (Å²) in [5, 5.41) is 10.6. The van der Waals surface area contributed by atoms with Gasteiger partial charge in [0.05, 0.1) is 23.9 Å². The molecule has 2 rings (SSSR count). The van der Waals surface area contributed by atoms with E-state index in [1.807, 2.05) is 46.8 Å². The molecule has 0 saturated carbocycles. The average molecular weight is 438 g/mol. The Morgan fingerprint density at radius 2 is 1.96 bits per heavy atom. The second-order valence-electron chi connectivity index (χ2n) is 6.65. The van der Waals surface area contributed by atoms with E-state index in [1.165, 1.54) is 0 Å². The fourth-order valence-electron chi connectivity index (χ4n) is 2.31. The molecule has 146 valence electrons. The number of aromatic amines is 1. The zero-order valence-electron chi connectivity index (χ0n) is 16.1. The van der Waals surface area contributed by atoms with Gasteiger partial charge in [0.2, 0.25) is 0 Å². The van der Waals surface area contributed by atoms with Gasteiger partial charge in [-0.3, -0.25) is 5.43 Å². The number of nitrogens with zero attached hydrogens (tertiary/aromatic N) is 3. The maximum atomic E-state index is 11.5. The van der Waals surface area contributed by atoms with Crippen molar-refractivity contribution in [2.45, 2.75) is 40.0 Å². The van der Waals surface area contributed by atoms with E-state index in [4.69, 9.17) is 9.47 Å². The second kappa shape index (κ2) is 8.98. The molecule has 0 unspecified atom stereocenters. The third kappa shape index (κ3) is 5.53. The number of nitrogens with one attached hydrogen (secondary N) is 2. The topological polar surface area (TPSA) is 101 Å². The van der Waals surface area contributed by atoms with Crippen LogP contribution in [0.2, 0.25) is 0 Å². The summed E-state index contributed by atoms with van der Waals surface area (Å²) in [4.78, 5) is 15.4. The van der Waals surface area contributed by atoms with Crippen molar-refractivity contribution in [2.24, 2.45) is 5.10 Å². The van der Waals surface area contributed by atoms with Crippen LogP contribution in [0.25, 0.3) is 0 Å². The summed E-state index contributed by atoms with van der Waals surface area (Å²) in [5.41, 5.74) is 3.36. The first-order chi connectivity index (χ1) is 12.8. The summed E-state index contributed by atoms with van der Waals surface area (Å²) in [6.07, 6.45) is 1.61. The Hall–Kier alpha value is -2.42. The second-order valence-corrected chi connectivity index (χ2v) is 7.51. The Morgan fingerprint density at radius 1 is 1.26 bits per heavy atom. The molecule has 0 spiro atoms. The minimum atomic E-state index is -0.539. The minimum Gasteiger partial charge on any atom is -0.490 e. The molecule has 0 atom stereocenters. The molecule has 0 aliphatic carbocycles. The van der Waals surface area contributed by atoms with Crippen molar-refractivity contribution in [3.63, 3.8) is 0 Å². The lowest BCUT2D eigenvalue weighted by molar-refractivity contribution is 0.286. The number of rotatable bonds is 7. The van der Waals surface area contributed by atoms with Gasteiger partial charge in [-0.1, -0.05) is 20.8 Å². The molecule has 0 fully saturated rings. The number of hydrogen-bond donors (Lipinski definition) is 2. The predicted molar refractivity (Wildman–Crippen MR) is 109 cm³/mol. The van der Waals surface area contributed by atoms with Gasteiger partial charge in [0, 0.05) is 5.41 Å². The number of hydrogen-bond acceptors (Lipinski definition) is 7. The van der Waals surface area contributed by atoms with Gasteiger partial charge in [-0.15, -0.1) is 0 Å². The Kier molecular flexibility index (Phi) is 6.95. The summed E-state index contributed by atoms with van der Waals surface area (Å²) in [5.74, 6) is 1.60. The Morgan fingerprint density at radius 3 is 2.59 bits per heavy atom. The monoisotopic (exact) mass is 437 g/mol. The van der Waals surface area contributed by atoms with E-state index in [0.717, 1.165) is 10.0 Å². The van der Waals surface area contributed by atoms with Crippen molar-refractivity contribution in [3.05, 3.63) is 38.3 Å². The predicted octanol–water partition coefficient (Wildman–Crippen LogP) is 3.47. The third-order valence-corrected chi connectivity index (χ3v) is 4.00. The molecule has 0 amide bonds. The standard InChI is InChI=1S/C18H24BrN5O3/c1-6-26-13-9-11(8-12(19)14(13)27-7-2)10-20-23-16-15(18(3,4)5)22-24-17(25)21-16/h8-10H,6-7H2,1-5H3,(H2,21,23,24,25)/b20-10+. The molecule has 8 nitrogen and oxygen atoms in total. The van der Waals surface area contributed by atoms with Gasteiger partial charge in [-0.25, -0.2) is 9.89 Å². The van der Waals surface area contributed by atoms with Crippen molar-refractivity contribution >= 4 is 28.0 Å². The zero-order valence-corrected chi connectivity index (χ0v) is 17.7. The Labute approximate surface area is 166 Å². The highest BCUT2D eigenvalue weighted by Crippen LogP contribution is 2.36. The van der Waals surface area contributed by atoms with Crippen LogP contribution in [-0.4, -0.2) is 34.6 Å². The van der Waals surface area contributed by atoms with Gasteiger partial charge in [0.25, 0.3) is 0 Å². The SMILES string of the molecule is CCOc1cc(/C=N/Nc2nc(=O)[nH]nc2C(C)(C)C)cc(Br)c1OCC. The molecule has 0 radical (unpaired) electrons. The molecule has 2 aromatic rings. The molecule has 9 heteroatoms. The lowest BCUT2D eigenvalue weighted by Crippen LogP contribution is -2.24. The van der Waals surface area contributed by atoms with Crippen LogP contribution in [0.4, 0.5) is 5.82 Å². The fourth-order valence-corrected chi connectivity index (χ4v) is 2.89.